The summed E-state index contributed by atoms with van der Waals surface area (Å²) in [4.78, 5) is 8.06. The number of hydrogen-bond donors (Lipinski definition) is 1. The van der Waals surface area contributed by atoms with Gasteiger partial charge in [0, 0.05) is 18.3 Å². The van der Waals surface area contributed by atoms with Crippen molar-refractivity contribution in [2.45, 2.75) is 31.8 Å². The van der Waals surface area contributed by atoms with E-state index in [1.807, 2.05) is 0 Å². The first-order valence-corrected chi connectivity index (χ1v) is 7.37. The van der Waals surface area contributed by atoms with E-state index in [4.69, 9.17) is 10.3 Å². The fourth-order valence-corrected chi connectivity index (χ4v) is 3.95. The van der Waals surface area contributed by atoms with Crippen molar-refractivity contribution in [1.29, 1.82) is 0 Å². The normalized spacial score (nSPS) is 15.5. The van der Waals surface area contributed by atoms with Crippen LogP contribution < -0.4 is 5.73 Å². The van der Waals surface area contributed by atoms with E-state index < -0.39 is 10.0 Å². The SMILES string of the molecule is Cc1noc(C)c1S(=O)(=O)N1Cc2cnc(N)nc2C1. The number of aromatic nitrogens is 3. The van der Waals surface area contributed by atoms with Crippen LogP contribution in [0.1, 0.15) is 22.7 Å². The zero-order valence-corrected chi connectivity index (χ0v) is 11.8. The molecule has 3 heterocycles. The van der Waals surface area contributed by atoms with Crippen molar-refractivity contribution in [3.05, 3.63) is 28.9 Å². The molecule has 0 spiro atoms. The molecule has 2 aromatic heterocycles. The Labute approximate surface area is 115 Å². The molecular weight excluding hydrogens is 282 g/mol. The number of sulfonamides is 1. The third-order valence-electron chi connectivity index (χ3n) is 3.21. The molecule has 0 atom stereocenters. The fraction of sp³-hybridized carbons (Fsp3) is 0.364. The third kappa shape index (κ3) is 1.86. The summed E-state index contributed by atoms with van der Waals surface area (Å²) in [7, 11) is -3.67. The first kappa shape index (κ1) is 13.0. The van der Waals surface area contributed by atoms with E-state index in [1.165, 1.54) is 4.31 Å². The standard InChI is InChI=1S/C11H13N5O3S/c1-6-10(7(2)19-15-6)20(17,18)16-4-8-3-13-11(12)14-9(8)5-16/h3H,4-5H2,1-2H3,(H2,12,13,14). The summed E-state index contributed by atoms with van der Waals surface area (Å²) in [6, 6.07) is 0. The monoisotopic (exact) mass is 295 g/mol. The fourth-order valence-electron chi connectivity index (χ4n) is 2.28. The van der Waals surface area contributed by atoms with Crippen LogP contribution in [-0.4, -0.2) is 27.8 Å². The number of nitrogens with two attached hydrogens (primary N) is 1. The largest absolute Gasteiger partial charge is 0.368 e. The first-order chi connectivity index (χ1) is 9.39. The van der Waals surface area contributed by atoms with E-state index in [2.05, 4.69) is 15.1 Å². The Morgan fingerprint density at radius 1 is 1.35 bits per heavy atom. The van der Waals surface area contributed by atoms with E-state index >= 15 is 0 Å². The van der Waals surface area contributed by atoms with Gasteiger partial charge in [0.1, 0.15) is 10.6 Å². The lowest BCUT2D eigenvalue weighted by Crippen LogP contribution is -2.26. The number of nitrogens with zero attached hydrogens (tertiary/aromatic N) is 4. The molecule has 0 unspecified atom stereocenters. The molecule has 106 valence electrons. The molecule has 1 aliphatic heterocycles. The minimum Gasteiger partial charge on any atom is -0.368 e. The van der Waals surface area contributed by atoms with Gasteiger partial charge in [-0.1, -0.05) is 5.16 Å². The summed E-state index contributed by atoms with van der Waals surface area (Å²) in [6.45, 7) is 3.58. The second kappa shape index (κ2) is 4.25. The van der Waals surface area contributed by atoms with E-state index in [0.717, 1.165) is 5.56 Å². The van der Waals surface area contributed by atoms with E-state index in [9.17, 15) is 8.42 Å². The molecule has 20 heavy (non-hydrogen) atoms. The van der Waals surface area contributed by atoms with Crippen LogP contribution in [0.4, 0.5) is 5.95 Å². The van der Waals surface area contributed by atoms with Crippen LogP contribution in [0.3, 0.4) is 0 Å². The molecule has 0 amide bonds. The Hall–Kier alpha value is -2.00. The van der Waals surface area contributed by atoms with Crippen LogP contribution in [0.15, 0.2) is 15.6 Å². The zero-order valence-electron chi connectivity index (χ0n) is 11.0. The van der Waals surface area contributed by atoms with Crippen LogP contribution in [0.25, 0.3) is 0 Å². The molecule has 3 rings (SSSR count). The topological polar surface area (TPSA) is 115 Å². The maximum Gasteiger partial charge on any atom is 0.249 e. The number of hydrogen-bond acceptors (Lipinski definition) is 7. The lowest BCUT2D eigenvalue weighted by Gasteiger charge is -2.14. The summed E-state index contributed by atoms with van der Waals surface area (Å²) < 4.78 is 31.5. The maximum absolute atomic E-state index is 12.6. The molecule has 0 fully saturated rings. The van der Waals surface area contributed by atoms with Crippen molar-refractivity contribution in [3.8, 4) is 0 Å². The average molecular weight is 295 g/mol. The van der Waals surface area contributed by atoms with Crippen LogP contribution in [0.2, 0.25) is 0 Å². The van der Waals surface area contributed by atoms with Crippen LogP contribution in [-0.2, 0) is 23.1 Å². The Morgan fingerprint density at radius 2 is 2.10 bits per heavy atom. The summed E-state index contributed by atoms with van der Waals surface area (Å²) in [5.74, 6) is 0.421. The summed E-state index contributed by atoms with van der Waals surface area (Å²) >= 11 is 0. The summed E-state index contributed by atoms with van der Waals surface area (Å²) in [6.07, 6.45) is 1.56. The highest BCUT2D eigenvalue weighted by Gasteiger charge is 2.35. The van der Waals surface area contributed by atoms with Crippen LogP contribution in [0, 0.1) is 13.8 Å². The highest BCUT2D eigenvalue weighted by atomic mass is 32.2. The molecule has 2 N–H and O–H groups in total. The zero-order chi connectivity index (χ0) is 14.5. The lowest BCUT2D eigenvalue weighted by molar-refractivity contribution is 0.388. The van der Waals surface area contributed by atoms with Crippen LogP contribution >= 0.6 is 0 Å². The van der Waals surface area contributed by atoms with Crippen molar-refractivity contribution in [3.63, 3.8) is 0 Å². The quantitative estimate of drug-likeness (QED) is 0.850. The highest BCUT2D eigenvalue weighted by Crippen LogP contribution is 2.30. The number of anilines is 1. The second-order valence-corrected chi connectivity index (χ2v) is 6.50. The minimum absolute atomic E-state index is 0.117. The van der Waals surface area contributed by atoms with E-state index in [1.54, 1.807) is 20.0 Å². The summed E-state index contributed by atoms with van der Waals surface area (Å²) in [5, 5.41) is 3.69. The predicted octanol–water partition coefficient (Wildman–Crippen LogP) is 0.368. The Balaban J connectivity index is 2.00. The van der Waals surface area contributed by atoms with Crippen molar-refractivity contribution < 1.29 is 12.9 Å². The van der Waals surface area contributed by atoms with Gasteiger partial charge in [-0.15, -0.1) is 0 Å². The maximum atomic E-state index is 12.6. The van der Waals surface area contributed by atoms with Gasteiger partial charge in [-0.05, 0) is 13.8 Å². The molecular formula is C11H13N5O3S. The Morgan fingerprint density at radius 3 is 2.75 bits per heavy atom. The van der Waals surface area contributed by atoms with Gasteiger partial charge >= 0.3 is 0 Å². The molecule has 8 nitrogen and oxygen atoms in total. The molecule has 2 aromatic rings. The van der Waals surface area contributed by atoms with Gasteiger partial charge in [0.25, 0.3) is 0 Å². The van der Waals surface area contributed by atoms with Gasteiger partial charge in [-0.2, -0.15) is 4.31 Å². The van der Waals surface area contributed by atoms with Crippen molar-refractivity contribution in [1.82, 2.24) is 19.4 Å². The highest BCUT2D eigenvalue weighted by molar-refractivity contribution is 7.89. The molecule has 0 aliphatic carbocycles. The number of fused-ring (bicyclic) bond motifs is 1. The van der Waals surface area contributed by atoms with Crippen molar-refractivity contribution in [2.75, 3.05) is 5.73 Å². The molecule has 0 radical (unpaired) electrons. The number of nitrogen functional groups attached to an aromatic ring is 1. The molecule has 0 saturated carbocycles. The van der Waals surface area contributed by atoms with Gasteiger partial charge in [0.05, 0.1) is 12.2 Å². The Bertz CT molecular complexity index is 764. The van der Waals surface area contributed by atoms with Gasteiger partial charge in [0.2, 0.25) is 16.0 Å². The third-order valence-corrected chi connectivity index (χ3v) is 5.25. The number of rotatable bonds is 2. The van der Waals surface area contributed by atoms with Crippen molar-refractivity contribution >= 4 is 16.0 Å². The molecule has 0 bridgehead atoms. The van der Waals surface area contributed by atoms with Gasteiger partial charge < -0.3 is 10.3 Å². The van der Waals surface area contributed by atoms with E-state index in [0.29, 0.717) is 11.4 Å². The van der Waals surface area contributed by atoms with Gasteiger partial charge in [-0.25, -0.2) is 18.4 Å². The molecule has 0 saturated heterocycles. The van der Waals surface area contributed by atoms with Gasteiger partial charge in [0.15, 0.2) is 5.76 Å². The molecule has 0 aromatic carbocycles. The van der Waals surface area contributed by atoms with E-state index in [-0.39, 0.29) is 29.7 Å². The van der Waals surface area contributed by atoms with Crippen LogP contribution in [0.5, 0.6) is 0 Å². The van der Waals surface area contributed by atoms with Gasteiger partial charge in [-0.3, -0.25) is 0 Å². The first-order valence-electron chi connectivity index (χ1n) is 5.93. The van der Waals surface area contributed by atoms with Crippen molar-refractivity contribution in [2.24, 2.45) is 0 Å². The average Bonchev–Trinajstić information content (AvgIpc) is 2.93. The predicted molar refractivity (Wildman–Crippen MR) is 68.9 cm³/mol. The molecule has 1 aliphatic rings. The smallest absolute Gasteiger partial charge is 0.249 e. The summed E-state index contributed by atoms with van der Waals surface area (Å²) in [5.41, 5.74) is 7.26. The molecule has 9 heteroatoms. The second-order valence-electron chi connectivity index (χ2n) is 4.63. The minimum atomic E-state index is -3.67. The lowest BCUT2D eigenvalue weighted by atomic mass is 10.3. The Kier molecular flexibility index (Phi) is 2.76. The number of aryl methyl sites for hydroxylation is 2.